The number of rotatable bonds is 2. The number of anilines is 1. The van der Waals surface area contributed by atoms with Gasteiger partial charge >= 0.3 is 0 Å². The van der Waals surface area contributed by atoms with Crippen LogP contribution in [0.25, 0.3) is 0 Å². The van der Waals surface area contributed by atoms with E-state index in [2.05, 4.69) is 10.2 Å². The Hall–Kier alpha value is -2.73. The molecule has 0 aliphatic carbocycles. The molecule has 0 aromatic heterocycles. The zero-order valence-corrected chi connectivity index (χ0v) is 14.2. The Morgan fingerprint density at radius 2 is 1.85 bits per heavy atom. The lowest BCUT2D eigenvalue weighted by Crippen LogP contribution is -2.50. The Bertz CT molecular complexity index is 900. The van der Waals surface area contributed by atoms with Gasteiger partial charge in [0.05, 0.1) is 12.0 Å². The highest BCUT2D eigenvalue weighted by Crippen LogP contribution is 2.59. The molecule has 3 aliphatic heterocycles. The Morgan fingerprint density at radius 1 is 1.12 bits per heavy atom. The van der Waals surface area contributed by atoms with Crippen LogP contribution in [-0.4, -0.2) is 34.4 Å². The Labute approximate surface area is 151 Å². The number of hydrogen-bond donors (Lipinski definition) is 1. The van der Waals surface area contributed by atoms with E-state index in [0.29, 0.717) is 6.54 Å². The molecule has 132 valence electrons. The molecule has 3 heterocycles. The number of benzene rings is 2. The predicted octanol–water partition coefficient (Wildman–Crippen LogP) is 2.74. The maximum Gasteiger partial charge on any atom is 0.250 e. The number of nitrogens with zero attached hydrogens (tertiary/aromatic N) is 2. The van der Waals surface area contributed by atoms with Gasteiger partial charge in [0.2, 0.25) is 6.04 Å². The maximum absolute atomic E-state index is 13.4. The summed E-state index contributed by atoms with van der Waals surface area (Å²) in [6.07, 6.45) is 1.64. The molecule has 3 aliphatic rings. The molecule has 1 spiro atoms. The fraction of sp³-hybridized carbons (Fsp3) is 0.350. The van der Waals surface area contributed by atoms with Crippen LogP contribution >= 0.6 is 0 Å². The summed E-state index contributed by atoms with van der Waals surface area (Å²) in [6, 6.07) is 16.1. The van der Waals surface area contributed by atoms with Gasteiger partial charge < -0.3 is 5.32 Å². The molecule has 0 unspecified atom stereocenters. The minimum Gasteiger partial charge on any atom is -0.324 e. The van der Waals surface area contributed by atoms with Crippen molar-refractivity contribution in [2.75, 3.05) is 11.9 Å². The predicted molar refractivity (Wildman–Crippen MR) is 96.4 cm³/mol. The average molecular weight is 349 g/mol. The highest BCUT2D eigenvalue weighted by Gasteiger charge is 2.71. The van der Waals surface area contributed by atoms with Crippen molar-refractivity contribution in [2.45, 2.75) is 36.4 Å². The minimum absolute atomic E-state index is 0.135. The summed E-state index contributed by atoms with van der Waals surface area (Å²) in [5, 5.41) is 15.1. The zero-order valence-electron chi connectivity index (χ0n) is 14.2. The summed E-state index contributed by atoms with van der Waals surface area (Å²) < 4.78 is 0. The fourth-order valence-corrected chi connectivity index (χ4v) is 5.45. The molecule has 0 bridgehead atoms. The van der Waals surface area contributed by atoms with Crippen LogP contribution in [0.1, 0.15) is 29.9 Å². The van der Waals surface area contributed by atoms with E-state index in [4.69, 9.17) is 0 Å². The van der Waals surface area contributed by atoms with E-state index >= 15 is 0 Å². The van der Waals surface area contributed by atoms with Crippen molar-refractivity contribution in [3.8, 4) is 0 Å². The lowest BCUT2D eigenvalue weighted by molar-refractivity contribution is -0.527. The average Bonchev–Trinajstić information content (AvgIpc) is 3.29. The van der Waals surface area contributed by atoms with Crippen LogP contribution in [0.3, 0.4) is 0 Å². The normalized spacial score (nSPS) is 32.5. The van der Waals surface area contributed by atoms with Crippen molar-refractivity contribution >= 4 is 11.6 Å². The van der Waals surface area contributed by atoms with Crippen molar-refractivity contribution < 1.29 is 9.72 Å². The third-order valence-electron chi connectivity index (χ3n) is 6.27. The molecule has 6 heteroatoms. The first kappa shape index (κ1) is 15.5. The van der Waals surface area contributed by atoms with Gasteiger partial charge in [0.25, 0.3) is 5.91 Å². The quantitative estimate of drug-likeness (QED) is 0.668. The fourth-order valence-electron chi connectivity index (χ4n) is 5.45. The summed E-state index contributed by atoms with van der Waals surface area (Å²) in [7, 11) is 0. The highest BCUT2D eigenvalue weighted by atomic mass is 16.6. The topological polar surface area (TPSA) is 75.5 Å². The van der Waals surface area contributed by atoms with Crippen molar-refractivity contribution in [2.24, 2.45) is 0 Å². The second kappa shape index (κ2) is 5.38. The van der Waals surface area contributed by atoms with Gasteiger partial charge in [0.15, 0.2) is 0 Å². The van der Waals surface area contributed by atoms with E-state index in [0.717, 1.165) is 29.7 Å². The Kier molecular flexibility index (Phi) is 3.21. The smallest absolute Gasteiger partial charge is 0.250 e. The largest absolute Gasteiger partial charge is 0.324 e. The Balaban J connectivity index is 1.81. The van der Waals surface area contributed by atoms with E-state index < -0.39 is 17.5 Å². The molecule has 1 N–H and O–H groups in total. The first-order valence-corrected chi connectivity index (χ1v) is 9.02. The van der Waals surface area contributed by atoms with Gasteiger partial charge in [-0.3, -0.25) is 19.8 Å². The first-order valence-electron chi connectivity index (χ1n) is 9.02. The van der Waals surface area contributed by atoms with Gasteiger partial charge in [-0.25, -0.2) is 0 Å². The van der Waals surface area contributed by atoms with Crippen LogP contribution in [0.15, 0.2) is 54.6 Å². The number of nitro groups is 1. The summed E-state index contributed by atoms with van der Waals surface area (Å²) in [5.74, 6) is -0.642. The monoisotopic (exact) mass is 349 g/mol. The highest BCUT2D eigenvalue weighted by molar-refractivity contribution is 6.07. The molecular weight excluding hydrogens is 330 g/mol. The lowest BCUT2D eigenvalue weighted by atomic mass is 9.73. The van der Waals surface area contributed by atoms with Crippen LogP contribution < -0.4 is 5.32 Å². The van der Waals surface area contributed by atoms with Crippen LogP contribution in [0.4, 0.5) is 5.69 Å². The molecule has 2 aromatic carbocycles. The Morgan fingerprint density at radius 3 is 2.62 bits per heavy atom. The maximum atomic E-state index is 13.4. The number of fused-ring (bicyclic) bond motifs is 4. The lowest BCUT2D eigenvalue weighted by Gasteiger charge is -2.36. The molecule has 2 aromatic rings. The zero-order chi connectivity index (χ0) is 17.9. The molecule has 4 atom stereocenters. The summed E-state index contributed by atoms with van der Waals surface area (Å²) in [6.45, 7) is 0.708. The number of carbonyl (C=O) groups is 1. The van der Waals surface area contributed by atoms with E-state index in [-0.39, 0.29) is 16.9 Å². The summed E-state index contributed by atoms with van der Waals surface area (Å²) >= 11 is 0. The standard InChI is InChI=1S/C20H19N3O3/c24-19-20(14-9-4-5-10-15(14)21-19)17(13-7-2-1-3-8-13)18(23(25)26)16-11-6-12-22(16)20/h1-5,7-10,16-18H,6,11-12H2,(H,21,24)/t16-,17-,18+,20+/m0/s1. The minimum atomic E-state index is -1.00. The van der Waals surface area contributed by atoms with Crippen molar-refractivity contribution in [1.29, 1.82) is 0 Å². The molecule has 6 nitrogen and oxygen atoms in total. The molecule has 2 fully saturated rings. The molecule has 5 rings (SSSR count). The number of carbonyl (C=O) groups excluding carboxylic acids is 1. The van der Waals surface area contributed by atoms with Crippen molar-refractivity contribution in [3.63, 3.8) is 0 Å². The molecule has 0 radical (unpaired) electrons. The van der Waals surface area contributed by atoms with Gasteiger partial charge in [-0.15, -0.1) is 0 Å². The molecule has 26 heavy (non-hydrogen) atoms. The number of amides is 1. The molecule has 2 saturated heterocycles. The van der Waals surface area contributed by atoms with Gasteiger partial charge in [0.1, 0.15) is 5.54 Å². The summed E-state index contributed by atoms with van der Waals surface area (Å²) in [5.41, 5.74) is 1.50. The van der Waals surface area contributed by atoms with Gasteiger partial charge in [-0.2, -0.15) is 0 Å². The first-order chi connectivity index (χ1) is 12.7. The van der Waals surface area contributed by atoms with E-state index in [1.165, 1.54) is 0 Å². The third kappa shape index (κ3) is 1.77. The third-order valence-corrected chi connectivity index (χ3v) is 6.27. The molecular formula is C20H19N3O3. The van der Waals surface area contributed by atoms with E-state index in [9.17, 15) is 14.9 Å². The van der Waals surface area contributed by atoms with Gasteiger partial charge in [0, 0.05) is 22.7 Å². The SMILES string of the molecule is O=C1Nc2ccccc2[C@@]12[C@@H](c1ccccc1)[C@H]([N+](=O)[O-])[C@@H]1CCCN12. The number of nitrogens with one attached hydrogen (secondary N) is 1. The van der Waals surface area contributed by atoms with Crippen LogP contribution in [0, 0.1) is 10.1 Å². The second-order valence-electron chi connectivity index (χ2n) is 7.33. The molecule has 1 amide bonds. The van der Waals surface area contributed by atoms with Crippen LogP contribution in [-0.2, 0) is 10.3 Å². The van der Waals surface area contributed by atoms with Crippen LogP contribution in [0.5, 0.6) is 0 Å². The van der Waals surface area contributed by atoms with Crippen molar-refractivity contribution in [3.05, 3.63) is 75.8 Å². The molecule has 0 saturated carbocycles. The van der Waals surface area contributed by atoms with E-state index in [1.807, 2.05) is 54.6 Å². The number of hydrogen-bond acceptors (Lipinski definition) is 4. The van der Waals surface area contributed by atoms with Crippen molar-refractivity contribution in [1.82, 2.24) is 4.90 Å². The second-order valence-corrected chi connectivity index (χ2v) is 7.33. The summed E-state index contributed by atoms with van der Waals surface area (Å²) in [4.78, 5) is 27.5. The van der Waals surface area contributed by atoms with Gasteiger partial charge in [-0.1, -0.05) is 48.5 Å². The van der Waals surface area contributed by atoms with E-state index in [1.54, 1.807) is 0 Å². The van der Waals surface area contributed by atoms with Crippen LogP contribution in [0.2, 0.25) is 0 Å². The van der Waals surface area contributed by atoms with Gasteiger partial charge in [-0.05, 0) is 24.5 Å². The number of para-hydroxylation sites is 1.